The molecule has 1 aliphatic rings. The number of aromatic nitrogens is 7. The van der Waals surface area contributed by atoms with Crippen molar-refractivity contribution in [3.05, 3.63) is 57.9 Å². The number of rotatable bonds is 9. The molecule has 4 aromatic rings. The number of nitrogens with zero attached hydrogens (tertiary/aromatic N) is 8. The van der Waals surface area contributed by atoms with Gasteiger partial charge in [0.25, 0.3) is 5.95 Å². The molecular weight excluding hydrogens is 552 g/mol. The first kappa shape index (κ1) is 28.8. The zero-order chi connectivity index (χ0) is 29.7. The van der Waals surface area contributed by atoms with Crippen LogP contribution in [0.25, 0.3) is 11.0 Å². The molecule has 1 aromatic carbocycles. The van der Waals surface area contributed by atoms with E-state index >= 15 is 0 Å². The molecule has 0 saturated heterocycles. The molecule has 0 bridgehead atoms. The SMILES string of the molecule is Cc1nn(C)c2nc(C(CN)CC3CC3)c(CN(Cc3cc(C(F)(F)F)cc(C(F)(F)F)c3)c3nnn(C)n3)cc12. The highest BCUT2D eigenvalue weighted by Crippen LogP contribution is 2.40. The molecule has 0 amide bonds. The van der Waals surface area contributed by atoms with Gasteiger partial charge < -0.3 is 10.6 Å². The lowest BCUT2D eigenvalue weighted by molar-refractivity contribution is -0.143. The van der Waals surface area contributed by atoms with Crippen LogP contribution in [0.15, 0.2) is 24.3 Å². The Bertz CT molecular complexity index is 1520. The fourth-order valence-corrected chi connectivity index (χ4v) is 5.09. The summed E-state index contributed by atoms with van der Waals surface area (Å²) in [5, 5.41) is 17.3. The normalized spacial score (nSPS) is 15.1. The third-order valence-corrected chi connectivity index (χ3v) is 7.26. The van der Waals surface area contributed by atoms with Crippen molar-refractivity contribution in [2.24, 2.45) is 25.7 Å². The van der Waals surface area contributed by atoms with Gasteiger partial charge in [-0.2, -0.15) is 36.2 Å². The van der Waals surface area contributed by atoms with Gasteiger partial charge in [-0.1, -0.05) is 17.9 Å². The zero-order valence-electron chi connectivity index (χ0n) is 22.6. The van der Waals surface area contributed by atoms with Crippen molar-refractivity contribution in [2.45, 2.75) is 57.5 Å². The quantitative estimate of drug-likeness (QED) is 0.281. The second-order valence-electron chi connectivity index (χ2n) is 10.6. The molecule has 0 spiro atoms. The number of halogens is 6. The Hall–Kier alpha value is -3.75. The van der Waals surface area contributed by atoms with Crippen LogP contribution in [0.5, 0.6) is 0 Å². The summed E-state index contributed by atoms with van der Waals surface area (Å²) in [6.07, 6.45) is -6.91. The summed E-state index contributed by atoms with van der Waals surface area (Å²) in [6.45, 7) is 1.85. The highest BCUT2D eigenvalue weighted by atomic mass is 19.4. The van der Waals surface area contributed by atoms with Crippen molar-refractivity contribution in [3.8, 4) is 0 Å². The maximum absolute atomic E-state index is 13.6. The summed E-state index contributed by atoms with van der Waals surface area (Å²) >= 11 is 0. The number of aryl methyl sites for hydroxylation is 3. The van der Waals surface area contributed by atoms with Crippen molar-refractivity contribution in [1.29, 1.82) is 0 Å². The minimum Gasteiger partial charge on any atom is -0.330 e. The smallest absolute Gasteiger partial charge is 0.330 e. The van der Waals surface area contributed by atoms with Crippen LogP contribution < -0.4 is 10.6 Å². The van der Waals surface area contributed by atoms with E-state index in [0.717, 1.165) is 30.3 Å². The Labute approximate surface area is 231 Å². The van der Waals surface area contributed by atoms with E-state index in [4.69, 9.17) is 10.7 Å². The molecule has 9 nitrogen and oxygen atoms in total. The summed E-state index contributed by atoms with van der Waals surface area (Å²) in [5.74, 6) is 0.476. The highest BCUT2D eigenvalue weighted by molar-refractivity contribution is 5.79. The van der Waals surface area contributed by atoms with Crippen LogP contribution in [-0.4, -0.2) is 41.5 Å². The van der Waals surface area contributed by atoms with E-state index < -0.39 is 23.5 Å². The van der Waals surface area contributed by atoms with Crippen LogP contribution in [0, 0.1) is 12.8 Å². The minimum atomic E-state index is -4.97. The molecule has 0 radical (unpaired) electrons. The van der Waals surface area contributed by atoms with Crippen LogP contribution in [0.1, 0.15) is 58.8 Å². The lowest BCUT2D eigenvalue weighted by atomic mass is 9.93. The van der Waals surface area contributed by atoms with Crippen LogP contribution in [0.3, 0.4) is 0 Å². The van der Waals surface area contributed by atoms with E-state index in [9.17, 15) is 26.3 Å². The average Bonchev–Trinajstić information content (AvgIpc) is 3.54. The maximum atomic E-state index is 13.6. The molecule has 3 aromatic heterocycles. The average molecular weight is 582 g/mol. The molecule has 0 aliphatic heterocycles. The predicted molar refractivity (Wildman–Crippen MR) is 138 cm³/mol. The Kier molecular flexibility index (Phi) is 7.42. The third-order valence-electron chi connectivity index (χ3n) is 7.26. The number of anilines is 1. The third kappa shape index (κ3) is 6.29. The molecular formula is C26H29F6N9. The van der Waals surface area contributed by atoms with Gasteiger partial charge >= 0.3 is 12.4 Å². The van der Waals surface area contributed by atoms with Gasteiger partial charge in [0.1, 0.15) is 0 Å². The summed E-state index contributed by atoms with van der Waals surface area (Å²) in [7, 11) is 3.30. The number of hydrogen-bond acceptors (Lipinski definition) is 7. The summed E-state index contributed by atoms with van der Waals surface area (Å²) in [6, 6.07) is 3.44. The highest BCUT2D eigenvalue weighted by Gasteiger charge is 2.37. The molecule has 1 unspecified atom stereocenters. The molecule has 5 rings (SSSR count). The van der Waals surface area contributed by atoms with Gasteiger partial charge in [-0.05, 0) is 59.9 Å². The number of pyridine rings is 1. The largest absolute Gasteiger partial charge is 0.416 e. The maximum Gasteiger partial charge on any atom is 0.416 e. The number of tetrazole rings is 1. The standard InChI is InChI=1S/C26H29F6N9/c1-14-21-9-18(22(34-23(21)39(2)36-14)17(11-33)6-15-4-5-15)13-41(24-35-38-40(3)37-24)12-16-7-19(25(27,28)29)10-20(8-16)26(30,31)32/h7-10,15,17H,4-6,11-13,33H2,1-3H3. The molecule has 41 heavy (non-hydrogen) atoms. The lowest BCUT2D eigenvalue weighted by Crippen LogP contribution is -2.26. The van der Waals surface area contributed by atoms with Gasteiger partial charge in [-0.25, -0.2) is 4.98 Å². The zero-order valence-corrected chi connectivity index (χ0v) is 22.6. The van der Waals surface area contributed by atoms with Gasteiger partial charge in [0.05, 0.1) is 29.6 Å². The predicted octanol–water partition coefficient (Wildman–Crippen LogP) is 4.89. The molecule has 1 aliphatic carbocycles. The van der Waals surface area contributed by atoms with Crippen molar-refractivity contribution in [1.82, 2.24) is 35.0 Å². The monoisotopic (exact) mass is 581 g/mol. The Morgan fingerprint density at radius 1 is 0.976 bits per heavy atom. The number of alkyl halides is 6. The van der Waals surface area contributed by atoms with E-state index in [-0.39, 0.29) is 36.6 Å². The van der Waals surface area contributed by atoms with Crippen LogP contribution in [0.4, 0.5) is 32.3 Å². The van der Waals surface area contributed by atoms with E-state index in [1.54, 1.807) is 11.7 Å². The van der Waals surface area contributed by atoms with Crippen molar-refractivity contribution in [2.75, 3.05) is 11.4 Å². The van der Waals surface area contributed by atoms with Gasteiger partial charge in [0.2, 0.25) is 0 Å². The van der Waals surface area contributed by atoms with E-state index in [0.29, 0.717) is 41.5 Å². The molecule has 2 N–H and O–H groups in total. The number of hydrogen-bond donors (Lipinski definition) is 1. The van der Waals surface area contributed by atoms with Gasteiger partial charge in [0.15, 0.2) is 5.65 Å². The number of fused-ring (bicyclic) bond motifs is 1. The topological polar surface area (TPSA) is 104 Å². The Morgan fingerprint density at radius 3 is 2.17 bits per heavy atom. The van der Waals surface area contributed by atoms with Gasteiger partial charge in [0, 0.05) is 38.0 Å². The van der Waals surface area contributed by atoms with E-state index in [2.05, 4.69) is 20.5 Å². The van der Waals surface area contributed by atoms with Gasteiger partial charge in [-0.3, -0.25) is 4.68 Å². The molecule has 1 atom stereocenters. The van der Waals surface area contributed by atoms with Crippen molar-refractivity contribution >= 4 is 17.0 Å². The first-order valence-corrected chi connectivity index (χ1v) is 13.0. The number of benzene rings is 1. The van der Waals surface area contributed by atoms with Crippen LogP contribution in [-0.2, 0) is 39.5 Å². The first-order chi connectivity index (χ1) is 19.2. The molecule has 3 heterocycles. The second kappa shape index (κ2) is 10.6. The number of nitrogens with two attached hydrogens (primary N) is 1. The Balaban J connectivity index is 1.60. The Morgan fingerprint density at radius 2 is 1.63 bits per heavy atom. The van der Waals surface area contributed by atoms with Gasteiger partial charge in [-0.15, -0.1) is 5.10 Å². The molecule has 1 fully saturated rings. The second-order valence-corrected chi connectivity index (χ2v) is 10.6. The van der Waals surface area contributed by atoms with E-state index in [1.807, 2.05) is 13.0 Å². The van der Waals surface area contributed by atoms with Crippen molar-refractivity contribution in [3.63, 3.8) is 0 Å². The molecule has 15 heteroatoms. The minimum absolute atomic E-state index is 0.0388. The first-order valence-electron chi connectivity index (χ1n) is 13.0. The van der Waals surface area contributed by atoms with Crippen LogP contribution in [0.2, 0.25) is 0 Å². The molecule has 1 saturated carbocycles. The molecule has 220 valence electrons. The summed E-state index contributed by atoms with van der Waals surface area (Å²) in [5.41, 5.74) is 6.01. The van der Waals surface area contributed by atoms with Crippen LogP contribution >= 0.6 is 0 Å². The summed E-state index contributed by atoms with van der Waals surface area (Å²) in [4.78, 5) is 7.59. The lowest BCUT2D eigenvalue weighted by Gasteiger charge is -2.25. The fraction of sp³-hybridized carbons (Fsp3) is 0.500. The summed E-state index contributed by atoms with van der Waals surface area (Å²) < 4.78 is 83.1. The van der Waals surface area contributed by atoms with Crippen molar-refractivity contribution < 1.29 is 26.3 Å². The fourth-order valence-electron chi connectivity index (χ4n) is 5.09. The van der Waals surface area contributed by atoms with E-state index in [1.165, 1.54) is 16.7 Å².